The molecule has 2 atom stereocenters. The van der Waals surface area contributed by atoms with E-state index in [0.29, 0.717) is 32.3 Å². The van der Waals surface area contributed by atoms with Crippen LogP contribution in [0.4, 0.5) is 0 Å². The van der Waals surface area contributed by atoms with Crippen LogP contribution < -0.4 is 4.74 Å². The predicted octanol–water partition coefficient (Wildman–Crippen LogP) is 4.53. The van der Waals surface area contributed by atoms with Crippen LogP contribution in [-0.4, -0.2) is 49.4 Å². The van der Waals surface area contributed by atoms with Crippen LogP contribution in [0.15, 0.2) is 24.3 Å². The first kappa shape index (κ1) is 26.1. The van der Waals surface area contributed by atoms with Crippen molar-refractivity contribution in [3.63, 3.8) is 0 Å². The van der Waals surface area contributed by atoms with Crippen molar-refractivity contribution < 1.29 is 33.1 Å². The Balaban J connectivity index is 2.14. The summed E-state index contributed by atoms with van der Waals surface area (Å²) in [5, 5.41) is 0. The van der Waals surface area contributed by atoms with Gasteiger partial charge in [-0.1, -0.05) is 45.7 Å². The normalized spacial score (nSPS) is 14.0. The molecule has 0 aliphatic heterocycles. The van der Waals surface area contributed by atoms with E-state index in [1.807, 2.05) is 12.1 Å². The van der Waals surface area contributed by atoms with E-state index < -0.39 is 7.82 Å². The number of phosphoric ester groups is 1. The number of phosphoric acid groups is 1. The third-order valence-corrected chi connectivity index (χ3v) is 5.42. The van der Waals surface area contributed by atoms with E-state index >= 15 is 0 Å². The van der Waals surface area contributed by atoms with Crippen LogP contribution in [0.25, 0.3) is 0 Å². The summed E-state index contributed by atoms with van der Waals surface area (Å²) in [7, 11) is -4.41. The summed E-state index contributed by atoms with van der Waals surface area (Å²) in [6, 6.07) is 8.36. The van der Waals surface area contributed by atoms with Crippen LogP contribution in [0.3, 0.4) is 0 Å². The van der Waals surface area contributed by atoms with Gasteiger partial charge in [-0.2, -0.15) is 0 Å². The zero-order valence-corrected chi connectivity index (χ0v) is 18.8. The van der Waals surface area contributed by atoms with E-state index in [0.717, 1.165) is 18.1 Å². The Bertz CT molecular complexity index is 573. The molecule has 1 rings (SSSR count). The summed E-state index contributed by atoms with van der Waals surface area (Å²) in [6.07, 6.45) is 4.89. The maximum absolute atomic E-state index is 10.5. The highest BCUT2D eigenvalue weighted by atomic mass is 31.2. The number of hydrogen-bond donors (Lipinski definition) is 2. The molecule has 0 fully saturated rings. The van der Waals surface area contributed by atoms with Crippen LogP contribution in [0.5, 0.6) is 5.75 Å². The van der Waals surface area contributed by atoms with Gasteiger partial charge in [0.25, 0.3) is 0 Å². The Labute approximate surface area is 174 Å². The highest BCUT2D eigenvalue weighted by molar-refractivity contribution is 7.46. The van der Waals surface area contributed by atoms with Crippen molar-refractivity contribution >= 4 is 7.82 Å². The molecule has 29 heavy (non-hydrogen) atoms. The fourth-order valence-corrected chi connectivity index (χ4v) is 3.20. The summed E-state index contributed by atoms with van der Waals surface area (Å²) in [4.78, 5) is 17.0. The second-order valence-corrected chi connectivity index (χ2v) is 8.40. The first-order chi connectivity index (χ1) is 13.9. The molecular formula is C21H37O7P. The number of ether oxygens (including phenoxy) is 3. The molecule has 2 unspecified atom stereocenters. The van der Waals surface area contributed by atoms with Crippen molar-refractivity contribution in [2.75, 3.05) is 39.6 Å². The maximum atomic E-state index is 10.5. The fourth-order valence-electron chi connectivity index (χ4n) is 2.89. The van der Waals surface area contributed by atoms with E-state index in [9.17, 15) is 4.57 Å². The molecule has 0 amide bonds. The van der Waals surface area contributed by atoms with E-state index in [2.05, 4.69) is 37.4 Å². The van der Waals surface area contributed by atoms with Crippen molar-refractivity contribution in [3.05, 3.63) is 29.8 Å². The van der Waals surface area contributed by atoms with Crippen molar-refractivity contribution in [2.45, 2.75) is 52.4 Å². The van der Waals surface area contributed by atoms with Gasteiger partial charge in [0.05, 0.1) is 33.0 Å². The first-order valence-electron chi connectivity index (χ1n) is 10.4. The van der Waals surface area contributed by atoms with Gasteiger partial charge in [-0.3, -0.25) is 4.52 Å². The topological polar surface area (TPSA) is 94.5 Å². The Morgan fingerprint density at radius 3 is 2.00 bits per heavy atom. The van der Waals surface area contributed by atoms with Crippen LogP contribution in [0, 0.1) is 5.92 Å². The maximum Gasteiger partial charge on any atom is 0.469 e. The number of benzene rings is 1. The highest BCUT2D eigenvalue weighted by Crippen LogP contribution is 2.35. The second-order valence-electron chi connectivity index (χ2n) is 7.16. The Hall–Kier alpha value is -0.950. The SMILES string of the molecule is CCC(C)CCC(CC)c1ccc(OCCOCCOCCOP(=O)(O)O)cc1. The third-order valence-electron chi connectivity index (χ3n) is 4.90. The molecule has 168 valence electrons. The van der Waals surface area contributed by atoms with Gasteiger partial charge in [0.2, 0.25) is 0 Å². The average Bonchev–Trinajstić information content (AvgIpc) is 2.69. The minimum Gasteiger partial charge on any atom is -0.491 e. The summed E-state index contributed by atoms with van der Waals surface area (Å²) < 4.78 is 31.0. The van der Waals surface area contributed by atoms with Gasteiger partial charge in [0.1, 0.15) is 12.4 Å². The summed E-state index contributed by atoms with van der Waals surface area (Å²) in [5.74, 6) is 2.22. The monoisotopic (exact) mass is 432 g/mol. The lowest BCUT2D eigenvalue weighted by atomic mass is 9.88. The molecule has 0 aliphatic carbocycles. The standard InChI is InChI=1S/C21H37O7P/c1-4-18(3)6-7-19(5-2)20-8-10-21(11-9-20)27-16-14-25-12-13-26-15-17-28-29(22,23)24/h8-11,18-19H,4-7,12-17H2,1-3H3,(H2,22,23,24). The molecule has 0 heterocycles. The first-order valence-corrected chi connectivity index (χ1v) is 12.0. The highest BCUT2D eigenvalue weighted by Gasteiger charge is 2.13. The van der Waals surface area contributed by atoms with Gasteiger partial charge in [-0.25, -0.2) is 4.57 Å². The Morgan fingerprint density at radius 1 is 0.862 bits per heavy atom. The summed E-state index contributed by atoms with van der Waals surface area (Å²) in [6.45, 7) is 8.37. The molecule has 0 spiro atoms. The molecule has 2 N–H and O–H groups in total. The average molecular weight is 432 g/mol. The number of hydrogen-bond acceptors (Lipinski definition) is 5. The van der Waals surface area contributed by atoms with Gasteiger partial charge >= 0.3 is 7.82 Å². The Kier molecular flexibility index (Phi) is 13.4. The molecule has 0 radical (unpaired) electrons. The van der Waals surface area contributed by atoms with Crippen LogP contribution >= 0.6 is 7.82 Å². The van der Waals surface area contributed by atoms with Gasteiger partial charge < -0.3 is 24.0 Å². The minimum absolute atomic E-state index is 0.105. The van der Waals surface area contributed by atoms with Crippen LogP contribution in [0.1, 0.15) is 57.9 Å². The van der Waals surface area contributed by atoms with Gasteiger partial charge in [-0.05, 0) is 42.4 Å². The molecule has 0 aromatic heterocycles. The fraction of sp³-hybridized carbons (Fsp3) is 0.714. The lowest BCUT2D eigenvalue weighted by molar-refractivity contribution is 0.0241. The number of rotatable bonds is 17. The lowest BCUT2D eigenvalue weighted by Crippen LogP contribution is -2.12. The second kappa shape index (κ2) is 14.9. The van der Waals surface area contributed by atoms with Crippen molar-refractivity contribution in [1.29, 1.82) is 0 Å². The van der Waals surface area contributed by atoms with E-state index in [-0.39, 0.29) is 13.2 Å². The van der Waals surface area contributed by atoms with Crippen molar-refractivity contribution in [3.8, 4) is 5.75 Å². The molecule has 0 bridgehead atoms. The summed E-state index contributed by atoms with van der Waals surface area (Å²) >= 11 is 0. The van der Waals surface area contributed by atoms with Gasteiger partial charge in [-0.15, -0.1) is 0 Å². The zero-order valence-electron chi connectivity index (χ0n) is 17.9. The minimum atomic E-state index is -4.41. The zero-order chi connectivity index (χ0) is 21.5. The van der Waals surface area contributed by atoms with Crippen LogP contribution in [-0.2, 0) is 18.6 Å². The quantitative estimate of drug-likeness (QED) is 0.276. The summed E-state index contributed by atoms with van der Waals surface area (Å²) in [5.41, 5.74) is 1.37. The molecule has 7 nitrogen and oxygen atoms in total. The van der Waals surface area contributed by atoms with E-state index in [4.69, 9.17) is 24.0 Å². The predicted molar refractivity (Wildman–Crippen MR) is 113 cm³/mol. The molecule has 0 aliphatic rings. The van der Waals surface area contributed by atoms with Crippen LogP contribution in [0.2, 0.25) is 0 Å². The van der Waals surface area contributed by atoms with Gasteiger partial charge in [0.15, 0.2) is 0 Å². The van der Waals surface area contributed by atoms with E-state index in [1.165, 1.54) is 24.8 Å². The van der Waals surface area contributed by atoms with Gasteiger partial charge in [0, 0.05) is 0 Å². The smallest absolute Gasteiger partial charge is 0.469 e. The molecule has 1 aromatic carbocycles. The molecule has 0 saturated carbocycles. The molecule has 0 saturated heterocycles. The van der Waals surface area contributed by atoms with Crippen molar-refractivity contribution in [1.82, 2.24) is 0 Å². The van der Waals surface area contributed by atoms with E-state index in [1.54, 1.807) is 0 Å². The largest absolute Gasteiger partial charge is 0.491 e. The molecular weight excluding hydrogens is 395 g/mol. The molecule has 1 aromatic rings. The lowest BCUT2D eigenvalue weighted by Gasteiger charge is -2.18. The van der Waals surface area contributed by atoms with Crippen molar-refractivity contribution in [2.24, 2.45) is 5.92 Å². The third kappa shape index (κ3) is 13.1. The Morgan fingerprint density at radius 2 is 1.45 bits per heavy atom. The molecule has 8 heteroatoms.